The zero-order valence-electron chi connectivity index (χ0n) is 18.9. The summed E-state index contributed by atoms with van der Waals surface area (Å²) >= 11 is 0. The van der Waals surface area contributed by atoms with E-state index in [2.05, 4.69) is 70.5 Å². The van der Waals surface area contributed by atoms with Gasteiger partial charge in [-0.3, -0.25) is 9.30 Å². The minimum atomic E-state index is 0.713. The Kier molecular flexibility index (Phi) is 5.55. The number of nitrogens with zero attached hydrogens (tertiary/aromatic N) is 5. The molecule has 0 saturated carbocycles. The summed E-state index contributed by atoms with van der Waals surface area (Å²) in [6.07, 6.45) is 1.90. The first-order valence-corrected chi connectivity index (χ1v) is 11.5. The Hall–Kier alpha value is -3.36. The van der Waals surface area contributed by atoms with Gasteiger partial charge in [0.2, 0.25) is 0 Å². The van der Waals surface area contributed by atoms with E-state index in [-0.39, 0.29) is 0 Å². The summed E-state index contributed by atoms with van der Waals surface area (Å²) in [7, 11) is 0. The molecule has 4 aromatic rings. The molecule has 0 aliphatic carbocycles. The van der Waals surface area contributed by atoms with Gasteiger partial charge in [0.15, 0.2) is 5.65 Å². The fraction of sp³-hybridized carbons (Fsp3) is 0.333. The fourth-order valence-electron chi connectivity index (χ4n) is 4.77. The highest BCUT2D eigenvalue weighted by Gasteiger charge is 2.23. The molecule has 3 heterocycles. The second-order valence-electron chi connectivity index (χ2n) is 8.77. The minimum absolute atomic E-state index is 0.713. The lowest BCUT2D eigenvalue weighted by atomic mass is 10.0. The number of imidazole rings is 1. The van der Waals surface area contributed by atoms with Crippen LogP contribution in [0.2, 0.25) is 0 Å². The topological polar surface area (TPSA) is 47.6 Å². The van der Waals surface area contributed by atoms with E-state index in [1.54, 1.807) is 0 Å². The van der Waals surface area contributed by atoms with E-state index in [9.17, 15) is 5.26 Å². The Morgan fingerprint density at radius 2 is 1.75 bits per heavy atom. The quantitative estimate of drug-likeness (QED) is 0.456. The van der Waals surface area contributed by atoms with Gasteiger partial charge in [-0.2, -0.15) is 5.26 Å². The average molecular weight is 424 g/mol. The Labute approximate surface area is 189 Å². The first-order chi connectivity index (χ1) is 15.7. The van der Waals surface area contributed by atoms with Crippen LogP contribution in [-0.4, -0.2) is 40.5 Å². The van der Waals surface area contributed by atoms with Gasteiger partial charge in [0.1, 0.15) is 11.9 Å². The predicted molar refractivity (Wildman–Crippen MR) is 130 cm³/mol. The van der Waals surface area contributed by atoms with Crippen molar-refractivity contribution < 1.29 is 0 Å². The van der Waals surface area contributed by atoms with Crippen LogP contribution >= 0.6 is 0 Å². The predicted octanol–water partition coefficient (Wildman–Crippen LogP) is 4.94. The molecule has 1 saturated heterocycles. The van der Waals surface area contributed by atoms with E-state index in [1.165, 1.54) is 11.1 Å². The van der Waals surface area contributed by atoms with Crippen molar-refractivity contribution in [3.8, 4) is 6.07 Å². The first kappa shape index (κ1) is 20.5. The molecular formula is C27H29N5. The lowest BCUT2D eigenvalue weighted by Gasteiger charge is -2.36. The number of anilines is 1. The molecule has 5 rings (SSSR count). The van der Waals surface area contributed by atoms with Crippen LogP contribution in [0.1, 0.15) is 35.6 Å². The second-order valence-corrected chi connectivity index (χ2v) is 8.77. The standard InChI is InChI=1S/C27H29N5/c1-3-6-22-17-26(32-25-8-5-4-7-24(25)29-27(32)23(22)18-28)31-15-13-30(14-16-31)19-21-11-9-20(2)10-12-21/h4-5,7-12,17H,3,6,13-16,19H2,1-2H3. The third-order valence-corrected chi connectivity index (χ3v) is 6.49. The van der Waals surface area contributed by atoms with Gasteiger partial charge in [0, 0.05) is 32.7 Å². The third kappa shape index (κ3) is 3.72. The van der Waals surface area contributed by atoms with Gasteiger partial charge in [0.05, 0.1) is 16.6 Å². The number of hydrogen-bond acceptors (Lipinski definition) is 4. The van der Waals surface area contributed by atoms with E-state index < -0.39 is 0 Å². The lowest BCUT2D eigenvalue weighted by Crippen LogP contribution is -2.46. The molecule has 0 amide bonds. The highest BCUT2D eigenvalue weighted by atomic mass is 15.3. The molecule has 0 spiro atoms. The van der Waals surface area contributed by atoms with Crippen molar-refractivity contribution in [2.24, 2.45) is 0 Å². The van der Waals surface area contributed by atoms with Crippen LogP contribution in [0.5, 0.6) is 0 Å². The SMILES string of the molecule is CCCc1cc(N2CCN(Cc3ccc(C)cc3)CC2)n2c(nc3ccccc32)c1C#N. The number of piperazine rings is 1. The van der Waals surface area contributed by atoms with Crippen LogP contribution in [0.15, 0.2) is 54.6 Å². The van der Waals surface area contributed by atoms with Crippen molar-refractivity contribution in [3.63, 3.8) is 0 Å². The van der Waals surface area contributed by atoms with Crippen LogP contribution in [0.3, 0.4) is 0 Å². The first-order valence-electron chi connectivity index (χ1n) is 11.5. The molecule has 0 unspecified atom stereocenters. The van der Waals surface area contributed by atoms with Crippen molar-refractivity contribution in [1.29, 1.82) is 5.26 Å². The van der Waals surface area contributed by atoms with Crippen LogP contribution in [0, 0.1) is 18.3 Å². The number of benzene rings is 2. The maximum absolute atomic E-state index is 9.94. The second kappa shape index (κ2) is 8.64. The van der Waals surface area contributed by atoms with Crippen LogP contribution < -0.4 is 4.90 Å². The monoisotopic (exact) mass is 423 g/mol. The number of fused-ring (bicyclic) bond motifs is 3. The largest absolute Gasteiger partial charge is 0.355 e. The number of hydrogen-bond donors (Lipinski definition) is 0. The Morgan fingerprint density at radius 1 is 1.00 bits per heavy atom. The molecule has 0 N–H and O–H groups in total. The van der Waals surface area contributed by atoms with Crippen molar-refractivity contribution in [3.05, 3.63) is 76.9 Å². The van der Waals surface area contributed by atoms with Gasteiger partial charge in [-0.05, 0) is 42.7 Å². The van der Waals surface area contributed by atoms with Crippen LogP contribution in [-0.2, 0) is 13.0 Å². The van der Waals surface area contributed by atoms with E-state index in [4.69, 9.17) is 4.98 Å². The molecule has 2 aromatic carbocycles. The van der Waals surface area contributed by atoms with E-state index in [0.717, 1.165) is 73.6 Å². The van der Waals surface area contributed by atoms with Gasteiger partial charge in [0.25, 0.3) is 0 Å². The van der Waals surface area contributed by atoms with E-state index in [0.29, 0.717) is 5.56 Å². The fourth-order valence-corrected chi connectivity index (χ4v) is 4.77. The molecule has 5 nitrogen and oxygen atoms in total. The number of rotatable bonds is 5. The van der Waals surface area contributed by atoms with Gasteiger partial charge >= 0.3 is 0 Å². The smallest absolute Gasteiger partial charge is 0.157 e. The maximum Gasteiger partial charge on any atom is 0.157 e. The third-order valence-electron chi connectivity index (χ3n) is 6.49. The molecule has 0 radical (unpaired) electrons. The van der Waals surface area contributed by atoms with Crippen molar-refractivity contribution in [2.45, 2.75) is 33.2 Å². The Morgan fingerprint density at radius 3 is 2.47 bits per heavy atom. The number of aryl methyl sites for hydroxylation is 2. The van der Waals surface area contributed by atoms with Crippen molar-refractivity contribution in [2.75, 3.05) is 31.1 Å². The molecule has 1 fully saturated rings. The van der Waals surface area contributed by atoms with Gasteiger partial charge in [-0.25, -0.2) is 4.98 Å². The number of aromatic nitrogens is 2. The summed E-state index contributed by atoms with van der Waals surface area (Å²) < 4.78 is 2.20. The summed E-state index contributed by atoms with van der Waals surface area (Å²) in [5.41, 5.74) is 7.29. The Balaban J connectivity index is 1.48. The minimum Gasteiger partial charge on any atom is -0.355 e. The number of pyridine rings is 1. The molecular weight excluding hydrogens is 394 g/mol. The number of para-hydroxylation sites is 2. The molecule has 32 heavy (non-hydrogen) atoms. The van der Waals surface area contributed by atoms with Crippen LogP contribution in [0.4, 0.5) is 5.82 Å². The lowest BCUT2D eigenvalue weighted by molar-refractivity contribution is 0.249. The van der Waals surface area contributed by atoms with Gasteiger partial charge in [-0.15, -0.1) is 0 Å². The summed E-state index contributed by atoms with van der Waals surface area (Å²) in [5.74, 6) is 1.16. The maximum atomic E-state index is 9.94. The summed E-state index contributed by atoms with van der Waals surface area (Å²) in [6.45, 7) is 9.25. The normalized spacial score (nSPS) is 14.8. The van der Waals surface area contributed by atoms with E-state index in [1.807, 2.05) is 18.2 Å². The summed E-state index contributed by atoms with van der Waals surface area (Å²) in [5, 5.41) is 9.94. The highest BCUT2D eigenvalue weighted by Crippen LogP contribution is 2.30. The zero-order chi connectivity index (χ0) is 22.1. The van der Waals surface area contributed by atoms with E-state index >= 15 is 0 Å². The average Bonchev–Trinajstić information content (AvgIpc) is 3.20. The summed E-state index contributed by atoms with van der Waals surface area (Å²) in [4.78, 5) is 9.86. The molecule has 1 aliphatic heterocycles. The summed E-state index contributed by atoms with van der Waals surface area (Å²) in [6, 6.07) is 21.7. The Bertz CT molecular complexity index is 1290. The molecule has 1 aliphatic rings. The zero-order valence-corrected chi connectivity index (χ0v) is 18.9. The van der Waals surface area contributed by atoms with Gasteiger partial charge < -0.3 is 4.90 Å². The van der Waals surface area contributed by atoms with Crippen LogP contribution in [0.25, 0.3) is 16.7 Å². The molecule has 162 valence electrons. The van der Waals surface area contributed by atoms with Crippen molar-refractivity contribution >= 4 is 22.5 Å². The van der Waals surface area contributed by atoms with Crippen molar-refractivity contribution in [1.82, 2.24) is 14.3 Å². The molecule has 0 atom stereocenters. The molecule has 2 aromatic heterocycles. The highest BCUT2D eigenvalue weighted by molar-refractivity contribution is 5.85. The molecule has 5 heteroatoms. The molecule has 0 bridgehead atoms. The van der Waals surface area contributed by atoms with Gasteiger partial charge in [-0.1, -0.05) is 55.3 Å². The number of nitriles is 1.